The Bertz CT molecular complexity index is 640. The number of benzene rings is 1. The molecule has 24 heavy (non-hydrogen) atoms. The summed E-state index contributed by atoms with van der Waals surface area (Å²) in [6.45, 7) is 10.5. The van der Waals surface area contributed by atoms with Crippen LogP contribution >= 0.6 is 11.6 Å². The summed E-state index contributed by atoms with van der Waals surface area (Å²) in [5.41, 5.74) is 4.67. The maximum Gasteiger partial charge on any atom is 0.0677 e. The average molecular weight is 350 g/mol. The van der Waals surface area contributed by atoms with Crippen LogP contribution in [0.3, 0.4) is 0 Å². The Kier molecular flexibility index (Phi) is 7.76. The summed E-state index contributed by atoms with van der Waals surface area (Å²) in [6, 6.07) is 7.94. The van der Waals surface area contributed by atoms with Gasteiger partial charge >= 0.3 is 0 Å². The van der Waals surface area contributed by atoms with Crippen molar-refractivity contribution in [2.24, 2.45) is 0 Å². The normalized spacial score (nSPS) is 11.2. The van der Waals surface area contributed by atoms with E-state index in [1.807, 2.05) is 29.8 Å². The number of halogens is 1. The van der Waals surface area contributed by atoms with Crippen LogP contribution in [0.15, 0.2) is 24.3 Å². The first-order chi connectivity index (χ1) is 11.6. The van der Waals surface area contributed by atoms with Crippen LogP contribution < -0.4 is 5.32 Å². The lowest BCUT2D eigenvalue weighted by molar-refractivity contribution is 0.143. The molecule has 1 aromatic heterocycles. The van der Waals surface area contributed by atoms with Crippen LogP contribution in [-0.4, -0.2) is 29.5 Å². The van der Waals surface area contributed by atoms with E-state index in [9.17, 15) is 0 Å². The molecule has 0 aliphatic carbocycles. The monoisotopic (exact) mass is 349 g/mol. The minimum absolute atomic E-state index is 0.709. The molecule has 0 spiro atoms. The van der Waals surface area contributed by atoms with Crippen molar-refractivity contribution >= 4 is 11.6 Å². The van der Waals surface area contributed by atoms with Gasteiger partial charge in [0, 0.05) is 36.0 Å². The largest absolute Gasteiger partial charge is 0.382 e. The van der Waals surface area contributed by atoms with Gasteiger partial charge in [-0.25, -0.2) is 0 Å². The summed E-state index contributed by atoms with van der Waals surface area (Å²) in [5.74, 6) is 0. The Hall–Kier alpha value is -1.36. The third-order valence-corrected chi connectivity index (χ3v) is 4.58. The quantitative estimate of drug-likeness (QED) is 0.656. The molecule has 0 saturated heterocycles. The molecule has 0 amide bonds. The Morgan fingerprint density at radius 1 is 1.21 bits per heavy atom. The van der Waals surface area contributed by atoms with Gasteiger partial charge in [0.1, 0.15) is 0 Å². The van der Waals surface area contributed by atoms with Crippen LogP contribution in [0.4, 0.5) is 0 Å². The van der Waals surface area contributed by atoms with E-state index < -0.39 is 0 Å². The molecule has 0 unspecified atom stereocenters. The maximum absolute atomic E-state index is 6.26. The van der Waals surface area contributed by atoms with Gasteiger partial charge in [-0.3, -0.25) is 4.68 Å². The molecular weight excluding hydrogens is 322 g/mol. The SMILES string of the molecule is CCOCCCCNCc1c(C)nn(Cc2ccccc2Cl)c1C. The van der Waals surface area contributed by atoms with E-state index in [1.54, 1.807) is 0 Å². The first-order valence-corrected chi connectivity index (χ1v) is 9.06. The number of nitrogens with zero attached hydrogens (tertiary/aromatic N) is 2. The van der Waals surface area contributed by atoms with E-state index in [2.05, 4.69) is 30.3 Å². The van der Waals surface area contributed by atoms with E-state index in [0.717, 1.165) is 55.4 Å². The van der Waals surface area contributed by atoms with Crippen LogP contribution in [0.1, 0.15) is 42.3 Å². The lowest BCUT2D eigenvalue weighted by Crippen LogP contribution is -2.16. The van der Waals surface area contributed by atoms with Crippen molar-refractivity contribution in [2.75, 3.05) is 19.8 Å². The minimum Gasteiger partial charge on any atom is -0.382 e. The summed E-state index contributed by atoms with van der Waals surface area (Å²) in [5, 5.41) is 8.99. The highest BCUT2D eigenvalue weighted by atomic mass is 35.5. The molecule has 0 atom stereocenters. The predicted molar refractivity (Wildman–Crippen MR) is 99.7 cm³/mol. The van der Waals surface area contributed by atoms with Gasteiger partial charge in [0.25, 0.3) is 0 Å². The molecule has 2 rings (SSSR count). The lowest BCUT2D eigenvalue weighted by Gasteiger charge is -2.08. The number of unbranched alkanes of at least 4 members (excludes halogenated alkanes) is 1. The van der Waals surface area contributed by atoms with Gasteiger partial charge in [-0.2, -0.15) is 5.10 Å². The van der Waals surface area contributed by atoms with Crippen molar-refractivity contribution in [3.05, 3.63) is 51.8 Å². The van der Waals surface area contributed by atoms with Crippen molar-refractivity contribution in [1.82, 2.24) is 15.1 Å². The third-order valence-electron chi connectivity index (χ3n) is 4.21. The van der Waals surface area contributed by atoms with Crippen LogP contribution in [0.5, 0.6) is 0 Å². The number of ether oxygens (including phenoxy) is 1. The zero-order valence-corrected chi connectivity index (χ0v) is 15.7. The minimum atomic E-state index is 0.709. The molecule has 4 nitrogen and oxygen atoms in total. The number of rotatable bonds is 10. The van der Waals surface area contributed by atoms with Crippen molar-refractivity contribution < 1.29 is 4.74 Å². The Balaban J connectivity index is 1.88. The van der Waals surface area contributed by atoms with Crippen LogP contribution in [0.25, 0.3) is 0 Å². The third kappa shape index (κ3) is 5.33. The Morgan fingerprint density at radius 3 is 2.75 bits per heavy atom. The van der Waals surface area contributed by atoms with Crippen molar-refractivity contribution in [3.8, 4) is 0 Å². The summed E-state index contributed by atoms with van der Waals surface area (Å²) in [7, 11) is 0. The molecule has 1 heterocycles. The number of hydrogen-bond donors (Lipinski definition) is 1. The molecule has 0 bridgehead atoms. The van der Waals surface area contributed by atoms with Gasteiger partial charge in [0.2, 0.25) is 0 Å². The number of aromatic nitrogens is 2. The number of nitrogens with one attached hydrogen (secondary N) is 1. The lowest BCUT2D eigenvalue weighted by atomic mass is 10.2. The summed E-state index contributed by atoms with van der Waals surface area (Å²) in [4.78, 5) is 0. The van der Waals surface area contributed by atoms with Gasteiger partial charge in [0.15, 0.2) is 0 Å². The highest BCUT2D eigenvalue weighted by molar-refractivity contribution is 6.31. The summed E-state index contributed by atoms with van der Waals surface area (Å²) < 4.78 is 7.40. The number of hydrogen-bond acceptors (Lipinski definition) is 3. The van der Waals surface area contributed by atoms with E-state index in [4.69, 9.17) is 16.3 Å². The van der Waals surface area contributed by atoms with Crippen molar-refractivity contribution in [3.63, 3.8) is 0 Å². The highest BCUT2D eigenvalue weighted by Crippen LogP contribution is 2.19. The fraction of sp³-hybridized carbons (Fsp3) is 0.526. The molecule has 0 aliphatic heterocycles. The molecule has 0 aliphatic rings. The van der Waals surface area contributed by atoms with Crippen LogP contribution in [0.2, 0.25) is 5.02 Å². The predicted octanol–water partition coefficient (Wildman–Crippen LogP) is 4.11. The molecule has 1 N–H and O–H groups in total. The van der Waals surface area contributed by atoms with Gasteiger partial charge < -0.3 is 10.1 Å². The summed E-state index contributed by atoms with van der Waals surface area (Å²) in [6.07, 6.45) is 2.23. The zero-order chi connectivity index (χ0) is 17.4. The van der Waals surface area contributed by atoms with Gasteiger partial charge in [-0.15, -0.1) is 0 Å². The molecule has 1 aromatic carbocycles. The van der Waals surface area contributed by atoms with Crippen LogP contribution in [-0.2, 0) is 17.8 Å². The topological polar surface area (TPSA) is 39.1 Å². The first kappa shape index (κ1) is 19.0. The second kappa shape index (κ2) is 9.82. The second-order valence-corrected chi connectivity index (χ2v) is 6.39. The molecule has 0 radical (unpaired) electrons. The van der Waals surface area contributed by atoms with Gasteiger partial charge in [-0.1, -0.05) is 29.8 Å². The van der Waals surface area contributed by atoms with Gasteiger partial charge in [0.05, 0.1) is 12.2 Å². The fourth-order valence-corrected chi connectivity index (χ4v) is 2.94. The van der Waals surface area contributed by atoms with E-state index in [0.29, 0.717) is 6.54 Å². The van der Waals surface area contributed by atoms with E-state index in [1.165, 1.54) is 11.3 Å². The van der Waals surface area contributed by atoms with Crippen molar-refractivity contribution in [2.45, 2.75) is 46.7 Å². The first-order valence-electron chi connectivity index (χ1n) is 8.68. The van der Waals surface area contributed by atoms with Crippen molar-refractivity contribution in [1.29, 1.82) is 0 Å². The smallest absolute Gasteiger partial charge is 0.0677 e. The van der Waals surface area contributed by atoms with E-state index in [-0.39, 0.29) is 0 Å². The van der Waals surface area contributed by atoms with Gasteiger partial charge in [-0.05, 0) is 51.8 Å². The Morgan fingerprint density at radius 2 is 2.00 bits per heavy atom. The van der Waals surface area contributed by atoms with Crippen LogP contribution in [0, 0.1) is 13.8 Å². The zero-order valence-electron chi connectivity index (χ0n) is 14.9. The molecule has 0 fully saturated rings. The highest BCUT2D eigenvalue weighted by Gasteiger charge is 2.12. The molecular formula is C19H28ClN3O. The molecule has 0 saturated carbocycles. The molecule has 132 valence electrons. The maximum atomic E-state index is 6.26. The van der Waals surface area contributed by atoms with E-state index >= 15 is 0 Å². The summed E-state index contributed by atoms with van der Waals surface area (Å²) >= 11 is 6.26. The average Bonchev–Trinajstić information content (AvgIpc) is 2.83. The molecule has 2 aromatic rings. The number of aryl methyl sites for hydroxylation is 1. The Labute approximate surface area is 150 Å². The molecule has 5 heteroatoms. The fourth-order valence-electron chi connectivity index (χ4n) is 2.74. The second-order valence-electron chi connectivity index (χ2n) is 5.98. The standard InChI is InChI=1S/C19H28ClN3O/c1-4-24-12-8-7-11-21-13-18-15(2)22-23(16(18)3)14-17-9-5-6-10-19(17)20/h5-6,9-10,21H,4,7-8,11-14H2,1-3H3.